The van der Waals surface area contributed by atoms with Crippen LogP contribution in [0.1, 0.15) is 20.3 Å². The van der Waals surface area contributed by atoms with Gasteiger partial charge in [-0.3, -0.25) is 0 Å². The van der Waals surface area contributed by atoms with Gasteiger partial charge in [-0.1, -0.05) is 0 Å². The lowest BCUT2D eigenvalue weighted by atomic mass is 9.95. The van der Waals surface area contributed by atoms with E-state index in [1.54, 1.807) is 0 Å². The molecule has 0 aromatic carbocycles. The Bertz CT molecular complexity index is 375. The number of nitrogens with zero attached hydrogens (tertiary/aromatic N) is 1. The molecule has 0 aliphatic carbocycles. The molecule has 0 aromatic heterocycles. The minimum Gasteiger partial charge on any atom is -0.480 e. The lowest BCUT2D eigenvalue weighted by Crippen LogP contribution is -2.61. The van der Waals surface area contributed by atoms with Gasteiger partial charge < -0.3 is 24.8 Å². The summed E-state index contributed by atoms with van der Waals surface area (Å²) in [7, 11) is 0. The molecule has 2 aliphatic rings. The Labute approximate surface area is 111 Å². The number of hydrogen-bond acceptors (Lipinski definition) is 4. The number of carboxylic acids is 1. The minimum atomic E-state index is -1.05. The average Bonchev–Trinajstić information content (AvgIpc) is 2.69. The summed E-state index contributed by atoms with van der Waals surface area (Å²) in [5.41, 5.74) is -0.446. The number of amides is 2. The van der Waals surface area contributed by atoms with Crippen LogP contribution < -0.4 is 5.32 Å². The van der Waals surface area contributed by atoms with Crippen molar-refractivity contribution >= 4 is 12.0 Å². The summed E-state index contributed by atoms with van der Waals surface area (Å²) in [4.78, 5) is 24.7. The van der Waals surface area contributed by atoms with Gasteiger partial charge in [0.2, 0.25) is 0 Å². The fraction of sp³-hybridized carbons (Fsp3) is 0.833. The molecule has 2 aliphatic heterocycles. The zero-order valence-electron chi connectivity index (χ0n) is 11.2. The van der Waals surface area contributed by atoms with Crippen molar-refractivity contribution in [3.05, 3.63) is 0 Å². The highest BCUT2D eigenvalue weighted by atomic mass is 16.5. The second-order valence-corrected chi connectivity index (χ2v) is 5.23. The van der Waals surface area contributed by atoms with E-state index in [9.17, 15) is 9.59 Å². The highest BCUT2D eigenvalue weighted by Crippen LogP contribution is 2.25. The van der Waals surface area contributed by atoms with Crippen molar-refractivity contribution in [3.8, 4) is 0 Å². The van der Waals surface area contributed by atoms with Crippen molar-refractivity contribution in [3.63, 3.8) is 0 Å². The Hall–Kier alpha value is -1.34. The predicted octanol–water partition coefficient (Wildman–Crippen LogP) is 0.0489. The maximum atomic E-state index is 12.3. The third-order valence-electron chi connectivity index (χ3n) is 3.95. The van der Waals surface area contributed by atoms with Crippen molar-refractivity contribution in [1.29, 1.82) is 0 Å². The highest BCUT2D eigenvalue weighted by molar-refractivity contribution is 5.83. The molecule has 2 heterocycles. The first kappa shape index (κ1) is 14.1. The van der Waals surface area contributed by atoms with Crippen LogP contribution in [0.3, 0.4) is 0 Å². The van der Waals surface area contributed by atoms with Crippen LogP contribution in [0.4, 0.5) is 4.79 Å². The van der Waals surface area contributed by atoms with Crippen molar-refractivity contribution < 1.29 is 24.2 Å². The summed E-state index contributed by atoms with van der Waals surface area (Å²) in [5, 5.41) is 12.0. The second kappa shape index (κ2) is 5.34. The first-order valence-electron chi connectivity index (χ1n) is 6.45. The lowest BCUT2D eigenvalue weighted by molar-refractivity contribution is -0.147. The molecule has 7 nitrogen and oxygen atoms in total. The van der Waals surface area contributed by atoms with Crippen molar-refractivity contribution in [2.75, 3.05) is 26.4 Å². The van der Waals surface area contributed by atoms with E-state index in [4.69, 9.17) is 14.6 Å². The van der Waals surface area contributed by atoms with Crippen LogP contribution in [0.2, 0.25) is 0 Å². The molecule has 2 rings (SSSR count). The van der Waals surface area contributed by atoms with Gasteiger partial charge in [0.05, 0.1) is 24.9 Å². The molecule has 0 saturated carbocycles. The van der Waals surface area contributed by atoms with E-state index in [-0.39, 0.29) is 25.3 Å². The smallest absolute Gasteiger partial charge is 0.328 e. The molecule has 3 atom stereocenters. The van der Waals surface area contributed by atoms with Crippen LogP contribution >= 0.6 is 0 Å². The number of nitrogens with one attached hydrogen (secondary N) is 1. The molecule has 0 radical (unpaired) electrons. The fourth-order valence-electron chi connectivity index (χ4n) is 2.37. The highest BCUT2D eigenvalue weighted by Gasteiger charge is 2.41. The lowest BCUT2D eigenvalue weighted by Gasteiger charge is -2.37. The van der Waals surface area contributed by atoms with Crippen LogP contribution in [0.5, 0.6) is 0 Å². The summed E-state index contributed by atoms with van der Waals surface area (Å²) in [5.74, 6) is -1.05. The monoisotopic (exact) mass is 272 g/mol. The molecular weight excluding hydrogens is 252 g/mol. The molecule has 2 amide bonds. The van der Waals surface area contributed by atoms with Crippen LogP contribution in [-0.2, 0) is 14.3 Å². The Morgan fingerprint density at radius 3 is 2.74 bits per heavy atom. The van der Waals surface area contributed by atoms with E-state index in [0.717, 1.165) is 6.42 Å². The summed E-state index contributed by atoms with van der Waals surface area (Å²) in [6.45, 7) is 5.10. The molecule has 0 spiro atoms. The van der Waals surface area contributed by atoms with Crippen LogP contribution in [0, 0.1) is 0 Å². The maximum Gasteiger partial charge on any atom is 0.328 e. The number of morpholine rings is 1. The SMILES string of the molecule is CC1OCCC1(C)NC(=O)N1CCOCC1C(=O)O. The van der Waals surface area contributed by atoms with Crippen LogP contribution in [0.15, 0.2) is 0 Å². The number of carbonyl (C=O) groups excluding carboxylic acids is 1. The first-order valence-corrected chi connectivity index (χ1v) is 6.45. The van der Waals surface area contributed by atoms with Crippen molar-refractivity contribution in [2.24, 2.45) is 0 Å². The second-order valence-electron chi connectivity index (χ2n) is 5.23. The average molecular weight is 272 g/mol. The van der Waals surface area contributed by atoms with Crippen molar-refractivity contribution in [2.45, 2.75) is 38.0 Å². The molecule has 0 bridgehead atoms. The van der Waals surface area contributed by atoms with Crippen LogP contribution in [0.25, 0.3) is 0 Å². The fourth-order valence-corrected chi connectivity index (χ4v) is 2.37. The molecular formula is C12H20N2O5. The molecule has 7 heteroatoms. The van der Waals surface area contributed by atoms with Gasteiger partial charge in [0.25, 0.3) is 0 Å². The van der Waals surface area contributed by atoms with Gasteiger partial charge in [-0.05, 0) is 20.3 Å². The standard InChI is InChI=1S/C12H20N2O5/c1-8-12(2,3-5-19-8)13-11(17)14-4-6-18-7-9(14)10(15)16/h8-9H,3-7H2,1-2H3,(H,13,17)(H,15,16). The molecule has 19 heavy (non-hydrogen) atoms. The summed E-state index contributed by atoms with van der Waals surface area (Å²) in [6, 6.07) is -1.29. The van der Waals surface area contributed by atoms with Crippen LogP contribution in [-0.4, -0.2) is 66.1 Å². The molecule has 3 unspecified atom stereocenters. The van der Waals surface area contributed by atoms with Gasteiger partial charge in [-0.15, -0.1) is 0 Å². The zero-order chi connectivity index (χ0) is 14.0. The predicted molar refractivity (Wildman–Crippen MR) is 65.9 cm³/mol. The Morgan fingerprint density at radius 1 is 1.42 bits per heavy atom. The topological polar surface area (TPSA) is 88.1 Å². The van der Waals surface area contributed by atoms with Gasteiger partial charge in [0, 0.05) is 13.2 Å². The Balaban J connectivity index is 2.03. The quantitative estimate of drug-likeness (QED) is 0.741. The number of hydrogen-bond donors (Lipinski definition) is 2. The van der Waals surface area contributed by atoms with Gasteiger partial charge >= 0.3 is 12.0 Å². The van der Waals surface area contributed by atoms with E-state index in [0.29, 0.717) is 13.2 Å². The number of carboxylic acid groups (broad SMARTS) is 1. The molecule has 108 valence electrons. The van der Waals surface area contributed by atoms with Gasteiger partial charge in [-0.25, -0.2) is 9.59 Å². The van der Waals surface area contributed by atoms with Crippen molar-refractivity contribution in [1.82, 2.24) is 10.2 Å². The van der Waals surface area contributed by atoms with E-state index in [2.05, 4.69) is 5.32 Å². The summed E-state index contributed by atoms with van der Waals surface area (Å²) >= 11 is 0. The number of urea groups is 1. The van der Waals surface area contributed by atoms with E-state index in [1.165, 1.54) is 4.90 Å². The number of rotatable bonds is 2. The normalized spacial score (nSPS) is 35.2. The Morgan fingerprint density at radius 2 is 2.16 bits per heavy atom. The molecule has 2 saturated heterocycles. The number of aliphatic carboxylic acids is 1. The molecule has 0 aromatic rings. The molecule has 2 N–H and O–H groups in total. The number of ether oxygens (including phenoxy) is 2. The maximum absolute atomic E-state index is 12.3. The van der Waals surface area contributed by atoms with Gasteiger partial charge in [0.1, 0.15) is 0 Å². The van der Waals surface area contributed by atoms with E-state index >= 15 is 0 Å². The summed E-state index contributed by atoms with van der Waals surface area (Å²) in [6.07, 6.45) is 0.642. The minimum absolute atomic E-state index is 0.0333. The van der Waals surface area contributed by atoms with Gasteiger partial charge in [0.15, 0.2) is 6.04 Å². The van der Waals surface area contributed by atoms with E-state index < -0.39 is 17.6 Å². The van der Waals surface area contributed by atoms with E-state index in [1.807, 2.05) is 13.8 Å². The number of carbonyl (C=O) groups is 2. The van der Waals surface area contributed by atoms with Gasteiger partial charge in [-0.2, -0.15) is 0 Å². The zero-order valence-corrected chi connectivity index (χ0v) is 11.2. The Kier molecular flexibility index (Phi) is 3.96. The summed E-state index contributed by atoms with van der Waals surface area (Å²) < 4.78 is 10.6. The third-order valence-corrected chi connectivity index (χ3v) is 3.95. The first-order chi connectivity index (χ1) is 8.94. The molecule has 2 fully saturated rings. The largest absolute Gasteiger partial charge is 0.480 e. The third kappa shape index (κ3) is 2.82.